The van der Waals surface area contributed by atoms with Crippen molar-refractivity contribution in [2.45, 2.75) is 31.7 Å². The maximum absolute atomic E-state index is 12.9. The second kappa shape index (κ2) is 6.49. The van der Waals surface area contributed by atoms with Gasteiger partial charge in [0.05, 0.1) is 17.6 Å². The third-order valence-electron chi connectivity index (χ3n) is 5.99. The molecule has 0 aromatic carbocycles. The molecule has 0 unspecified atom stereocenters. The van der Waals surface area contributed by atoms with Gasteiger partial charge < -0.3 is 14.5 Å². The molecule has 1 spiro atoms. The molecule has 4 rings (SSSR count). The first-order valence-electron chi connectivity index (χ1n) is 9.33. The van der Waals surface area contributed by atoms with Crippen molar-refractivity contribution in [1.29, 1.82) is 0 Å². The average Bonchev–Trinajstić information content (AvgIpc) is 3.15. The standard InChI is InChI=1S/C18H24N6O3/c1-3-24-7-4-13-14(20-11-19-13)18(24)5-8-23(9-6-18)16(26)12-10-22(2)17(27)21-15(12)25/h10-11H,3-9H2,1-2H3,(H,19,20)(H,21,25,27). The number of carbonyl (C=O) groups excluding carboxylic acids is 1. The van der Waals surface area contributed by atoms with Crippen LogP contribution in [0.2, 0.25) is 0 Å². The highest BCUT2D eigenvalue weighted by molar-refractivity contribution is 5.93. The quantitative estimate of drug-likeness (QED) is 0.760. The number of rotatable bonds is 2. The summed E-state index contributed by atoms with van der Waals surface area (Å²) in [5.41, 5.74) is 0.975. The van der Waals surface area contributed by atoms with Gasteiger partial charge in [-0.2, -0.15) is 0 Å². The van der Waals surface area contributed by atoms with Gasteiger partial charge in [-0.1, -0.05) is 6.92 Å². The molecule has 2 aliphatic heterocycles. The summed E-state index contributed by atoms with van der Waals surface area (Å²) in [4.78, 5) is 50.6. The van der Waals surface area contributed by atoms with Crippen LogP contribution in [0.3, 0.4) is 0 Å². The predicted molar refractivity (Wildman–Crippen MR) is 98.7 cm³/mol. The number of imidazole rings is 1. The third-order valence-corrected chi connectivity index (χ3v) is 5.99. The number of fused-ring (bicyclic) bond motifs is 2. The van der Waals surface area contributed by atoms with E-state index in [1.54, 1.807) is 11.2 Å². The van der Waals surface area contributed by atoms with Gasteiger partial charge in [0.25, 0.3) is 11.5 Å². The van der Waals surface area contributed by atoms with E-state index >= 15 is 0 Å². The Balaban J connectivity index is 1.59. The summed E-state index contributed by atoms with van der Waals surface area (Å²) in [5, 5.41) is 0. The Morgan fingerprint density at radius 2 is 2.00 bits per heavy atom. The molecule has 1 saturated heterocycles. The molecule has 2 aromatic heterocycles. The number of hydrogen-bond donors (Lipinski definition) is 2. The number of aromatic nitrogens is 4. The zero-order valence-electron chi connectivity index (χ0n) is 15.6. The van der Waals surface area contributed by atoms with Crippen LogP contribution in [-0.4, -0.2) is 61.4 Å². The van der Waals surface area contributed by atoms with E-state index in [0.717, 1.165) is 38.0 Å². The van der Waals surface area contributed by atoms with E-state index in [1.807, 2.05) is 0 Å². The number of piperidine rings is 1. The number of H-pyrrole nitrogens is 2. The minimum atomic E-state index is -0.633. The first-order chi connectivity index (χ1) is 13.0. The Morgan fingerprint density at radius 3 is 2.70 bits per heavy atom. The number of likely N-dealkylation sites (tertiary alicyclic amines) is 1. The van der Waals surface area contributed by atoms with Crippen molar-refractivity contribution in [1.82, 2.24) is 29.3 Å². The van der Waals surface area contributed by atoms with Crippen LogP contribution in [0.25, 0.3) is 0 Å². The van der Waals surface area contributed by atoms with E-state index in [0.29, 0.717) is 13.1 Å². The Bertz CT molecular complexity index is 979. The summed E-state index contributed by atoms with van der Waals surface area (Å²) >= 11 is 0. The lowest BCUT2D eigenvalue weighted by molar-refractivity contribution is 0.0102. The minimum Gasteiger partial charge on any atom is -0.348 e. The predicted octanol–water partition coefficient (Wildman–Crippen LogP) is -0.194. The molecule has 2 aromatic rings. The van der Waals surface area contributed by atoms with Crippen LogP contribution in [0.1, 0.15) is 41.5 Å². The summed E-state index contributed by atoms with van der Waals surface area (Å²) in [6, 6.07) is 0. The fraction of sp³-hybridized carbons (Fsp3) is 0.556. The van der Waals surface area contributed by atoms with Crippen molar-refractivity contribution in [2.75, 3.05) is 26.2 Å². The molecule has 9 nitrogen and oxygen atoms in total. The summed E-state index contributed by atoms with van der Waals surface area (Å²) in [5.74, 6) is -0.331. The highest BCUT2D eigenvalue weighted by atomic mass is 16.2. The SMILES string of the molecule is CCN1CCc2[nH]cnc2C12CCN(C(=O)c1cn(C)c(=O)[nH]c1=O)CC2. The second-order valence-corrected chi connectivity index (χ2v) is 7.30. The fourth-order valence-corrected chi connectivity index (χ4v) is 4.50. The first-order valence-corrected chi connectivity index (χ1v) is 9.33. The van der Waals surface area contributed by atoms with Crippen LogP contribution in [-0.2, 0) is 19.0 Å². The molecular weight excluding hydrogens is 348 g/mol. The third kappa shape index (κ3) is 2.73. The smallest absolute Gasteiger partial charge is 0.328 e. The molecule has 0 radical (unpaired) electrons. The fourth-order valence-electron chi connectivity index (χ4n) is 4.50. The Morgan fingerprint density at radius 1 is 1.26 bits per heavy atom. The van der Waals surface area contributed by atoms with Gasteiger partial charge >= 0.3 is 5.69 Å². The van der Waals surface area contributed by atoms with E-state index < -0.39 is 11.2 Å². The highest BCUT2D eigenvalue weighted by Crippen LogP contribution is 2.42. The van der Waals surface area contributed by atoms with Crippen molar-refractivity contribution in [3.8, 4) is 0 Å². The molecule has 27 heavy (non-hydrogen) atoms. The molecular formula is C18H24N6O3. The Hall–Kier alpha value is -2.68. The largest absolute Gasteiger partial charge is 0.348 e. The molecule has 1 amide bonds. The van der Waals surface area contributed by atoms with E-state index in [2.05, 4.69) is 26.8 Å². The highest BCUT2D eigenvalue weighted by Gasteiger charge is 2.46. The van der Waals surface area contributed by atoms with Crippen LogP contribution in [0.15, 0.2) is 22.1 Å². The number of likely N-dealkylation sites (N-methyl/N-ethyl adjacent to an activating group) is 1. The second-order valence-electron chi connectivity index (χ2n) is 7.30. The minimum absolute atomic E-state index is 0.00417. The van der Waals surface area contributed by atoms with Crippen LogP contribution < -0.4 is 11.2 Å². The monoisotopic (exact) mass is 372 g/mol. The summed E-state index contributed by atoms with van der Waals surface area (Å²) < 4.78 is 1.22. The van der Waals surface area contributed by atoms with Gasteiger partial charge in [0.1, 0.15) is 5.56 Å². The van der Waals surface area contributed by atoms with E-state index in [9.17, 15) is 14.4 Å². The average molecular weight is 372 g/mol. The molecule has 0 bridgehead atoms. The molecule has 9 heteroatoms. The van der Waals surface area contributed by atoms with Gasteiger partial charge in [0.2, 0.25) is 0 Å². The zero-order valence-corrected chi connectivity index (χ0v) is 15.6. The normalized spacial score (nSPS) is 19.3. The van der Waals surface area contributed by atoms with Crippen molar-refractivity contribution < 1.29 is 4.79 Å². The summed E-state index contributed by atoms with van der Waals surface area (Å²) in [6.07, 6.45) is 5.58. The number of nitrogens with zero attached hydrogens (tertiary/aromatic N) is 4. The van der Waals surface area contributed by atoms with Gasteiger partial charge in [-0.3, -0.25) is 19.5 Å². The van der Waals surface area contributed by atoms with Crippen molar-refractivity contribution in [2.24, 2.45) is 7.05 Å². The van der Waals surface area contributed by atoms with Crippen LogP contribution in [0.4, 0.5) is 0 Å². The molecule has 2 N–H and O–H groups in total. The van der Waals surface area contributed by atoms with Crippen LogP contribution in [0, 0.1) is 0 Å². The van der Waals surface area contributed by atoms with Gasteiger partial charge in [0.15, 0.2) is 0 Å². The van der Waals surface area contributed by atoms with Crippen LogP contribution in [0.5, 0.6) is 0 Å². The van der Waals surface area contributed by atoms with Crippen molar-refractivity contribution >= 4 is 5.91 Å². The number of amides is 1. The maximum Gasteiger partial charge on any atom is 0.328 e. The van der Waals surface area contributed by atoms with Gasteiger partial charge in [-0.15, -0.1) is 0 Å². The number of nitrogens with one attached hydrogen (secondary N) is 2. The maximum atomic E-state index is 12.9. The zero-order chi connectivity index (χ0) is 19.2. The number of carbonyl (C=O) groups is 1. The molecule has 144 valence electrons. The van der Waals surface area contributed by atoms with E-state index in [-0.39, 0.29) is 17.0 Å². The lowest BCUT2D eigenvalue weighted by Crippen LogP contribution is -2.57. The Labute approximate surface area is 156 Å². The lowest BCUT2D eigenvalue weighted by atomic mass is 9.78. The number of aryl methyl sites for hydroxylation is 1. The first kappa shape index (κ1) is 17.7. The van der Waals surface area contributed by atoms with Crippen molar-refractivity contribution in [3.63, 3.8) is 0 Å². The van der Waals surface area contributed by atoms with Gasteiger partial charge in [-0.05, 0) is 19.4 Å². The summed E-state index contributed by atoms with van der Waals surface area (Å²) in [6.45, 7) is 5.15. The van der Waals surface area contributed by atoms with E-state index in [1.165, 1.54) is 23.5 Å². The molecule has 1 fully saturated rings. The van der Waals surface area contributed by atoms with Crippen molar-refractivity contribution in [3.05, 3.63) is 50.3 Å². The van der Waals surface area contributed by atoms with Gasteiger partial charge in [0, 0.05) is 45.0 Å². The summed E-state index contributed by atoms with van der Waals surface area (Å²) in [7, 11) is 1.51. The van der Waals surface area contributed by atoms with Gasteiger partial charge in [-0.25, -0.2) is 9.78 Å². The molecule has 0 aliphatic carbocycles. The molecule has 2 aliphatic rings. The topological polar surface area (TPSA) is 107 Å². The van der Waals surface area contributed by atoms with Crippen LogP contribution >= 0.6 is 0 Å². The number of aromatic amines is 2. The molecule has 0 saturated carbocycles. The van der Waals surface area contributed by atoms with E-state index in [4.69, 9.17) is 0 Å². The molecule has 4 heterocycles. The molecule has 0 atom stereocenters. The lowest BCUT2D eigenvalue weighted by Gasteiger charge is -2.50. The number of hydrogen-bond acceptors (Lipinski definition) is 5. The Kier molecular flexibility index (Phi) is 4.26.